The van der Waals surface area contributed by atoms with E-state index in [1.54, 1.807) is 0 Å². The van der Waals surface area contributed by atoms with Gasteiger partial charge in [-0.15, -0.1) is 0 Å². The van der Waals surface area contributed by atoms with E-state index >= 15 is 0 Å². The lowest BCUT2D eigenvalue weighted by Crippen LogP contribution is -2.47. The van der Waals surface area contributed by atoms with Gasteiger partial charge in [0.1, 0.15) is 6.23 Å². The summed E-state index contributed by atoms with van der Waals surface area (Å²) < 4.78 is 32.2. The highest BCUT2D eigenvalue weighted by molar-refractivity contribution is 7.89. The van der Waals surface area contributed by atoms with Crippen LogP contribution in [-0.4, -0.2) is 50.5 Å². The zero-order chi connectivity index (χ0) is 20.9. The lowest BCUT2D eigenvalue weighted by molar-refractivity contribution is -0.139. The van der Waals surface area contributed by atoms with E-state index < -0.39 is 28.1 Å². The van der Waals surface area contributed by atoms with Crippen LogP contribution in [0.4, 0.5) is 0 Å². The van der Waals surface area contributed by atoms with Crippen molar-refractivity contribution in [1.82, 2.24) is 14.9 Å². The van der Waals surface area contributed by atoms with Crippen molar-refractivity contribution >= 4 is 33.4 Å². The van der Waals surface area contributed by atoms with Crippen LogP contribution in [0.25, 0.3) is 0 Å². The van der Waals surface area contributed by atoms with Gasteiger partial charge in [-0.2, -0.15) is 4.31 Å². The van der Waals surface area contributed by atoms with Crippen molar-refractivity contribution in [3.05, 3.63) is 65.2 Å². The van der Waals surface area contributed by atoms with Gasteiger partial charge in [0.2, 0.25) is 10.0 Å². The first-order valence-corrected chi connectivity index (χ1v) is 10.7. The van der Waals surface area contributed by atoms with Gasteiger partial charge in [-0.05, 0) is 29.8 Å². The predicted octanol–water partition coefficient (Wildman–Crippen LogP) is 1.12. The first-order valence-electron chi connectivity index (χ1n) is 8.87. The molecule has 0 aromatic heterocycles. The van der Waals surface area contributed by atoms with Crippen LogP contribution >= 0.6 is 11.6 Å². The normalized spacial score (nSPS) is 17.1. The second kappa shape index (κ2) is 9.36. The molecule has 1 heterocycles. The molecular formula is C19H20ClN3O5S. The predicted molar refractivity (Wildman–Crippen MR) is 106 cm³/mol. The lowest BCUT2D eigenvalue weighted by Gasteiger charge is -2.22. The molecule has 0 radical (unpaired) electrons. The van der Waals surface area contributed by atoms with Crippen molar-refractivity contribution in [2.24, 2.45) is 0 Å². The molecule has 10 heteroatoms. The molecule has 0 saturated carbocycles. The molecule has 8 nitrogen and oxygen atoms in total. The standard InChI is InChI=1S/C19H20ClN3O5S/c20-15-6-8-16(9-7-15)29(26,27)23-10-11-28-17(23)13-22-19(25)18(24)21-12-14-4-2-1-3-5-14/h1-9,17H,10-13H2,(H,21,24)(H,22,25)/t17-/m0/s1. The molecule has 1 fully saturated rings. The maximum absolute atomic E-state index is 12.8. The number of nitrogens with one attached hydrogen (secondary N) is 2. The Morgan fingerprint density at radius 1 is 1.03 bits per heavy atom. The van der Waals surface area contributed by atoms with Crippen LogP contribution in [0.1, 0.15) is 5.56 Å². The first-order chi connectivity index (χ1) is 13.9. The summed E-state index contributed by atoms with van der Waals surface area (Å²) in [6.45, 7) is 0.397. The second-order valence-electron chi connectivity index (χ2n) is 6.27. The van der Waals surface area contributed by atoms with E-state index in [1.807, 2.05) is 30.3 Å². The monoisotopic (exact) mass is 437 g/mol. The van der Waals surface area contributed by atoms with E-state index in [0.717, 1.165) is 9.87 Å². The van der Waals surface area contributed by atoms with Crippen LogP contribution in [0.2, 0.25) is 5.02 Å². The summed E-state index contributed by atoms with van der Waals surface area (Å²) in [7, 11) is -3.82. The summed E-state index contributed by atoms with van der Waals surface area (Å²) in [4.78, 5) is 24.0. The molecule has 2 N–H and O–H groups in total. The number of hydrogen-bond donors (Lipinski definition) is 2. The van der Waals surface area contributed by atoms with Crippen LogP contribution in [0.5, 0.6) is 0 Å². The Kier molecular flexibility index (Phi) is 6.86. The Balaban J connectivity index is 1.55. The number of amides is 2. The van der Waals surface area contributed by atoms with Crippen molar-refractivity contribution < 1.29 is 22.7 Å². The molecule has 3 rings (SSSR count). The molecule has 1 aliphatic rings. The molecule has 0 bridgehead atoms. The number of benzene rings is 2. The zero-order valence-electron chi connectivity index (χ0n) is 15.4. The average molecular weight is 438 g/mol. The minimum atomic E-state index is -3.82. The number of halogens is 1. The Morgan fingerprint density at radius 3 is 2.38 bits per heavy atom. The van der Waals surface area contributed by atoms with Gasteiger partial charge in [0.25, 0.3) is 0 Å². The van der Waals surface area contributed by atoms with Gasteiger partial charge < -0.3 is 15.4 Å². The third kappa shape index (κ3) is 5.33. The first kappa shape index (κ1) is 21.3. The van der Waals surface area contributed by atoms with E-state index in [0.29, 0.717) is 5.02 Å². The van der Waals surface area contributed by atoms with Gasteiger partial charge in [0, 0.05) is 18.1 Å². The Labute approximate surface area is 173 Å². The molecule has 29 heavy (non-hydrogen) atoms. The Bertz CT molecular complexity index is 967. The van der Waals surface area contributed by atoms with Crippen molar-refractivity contribution in [3.63, 3.8) is 0 Å². The molecule has 0 unspecified atom stereocenters. The van der Waals surface area contributed by atoms with E-state index in [4.69, 9.17) is 16.3 Å². The smallest absolute Gasteiger partial charge is 0.309 e. The second-order valence-corrected chi connectivity index (χ2v) is 8.60. The third-order valence-electron chi connectivity index (χ3n) is 4.30. The zero-order valence-corrected chi connectivity index (χ0v) is 16.9. The molecule has 0 spiro atoms. The number of rotatable bonds is 6. The number of nitrogens with zero attached hydrogens (tertiary/aromatic N) is 1. The summed E-state index contributed by atoms with van der Waals surface area (Å²) in [5, 5.41) is 5.35. The van der Waals surface area contributed by atoms with Gasteiger partial charge in [-0.25, -0.2) is 8.42 Å². The molecule has 1 aliphatic heterocycles. The molecule has 154 valence electrons. The maximum Gasteiger partial charge on any atom is 0.309 e. The van der Waals surface area contributed by atoms with E-state index in [1.165, 1.54) is 24.3 Å². The quantitative estimate of drug-likeness (QED) is 0.659. The number of carbonyl (C=O) groups is 2. The average Bonchev–Trinajstić information content (AvgIpc) is 3.21. The van der Waals surface area contributed by atoms with Crippen LogP contribution < -0.4 is 10.6 Å². The highest BCUT2D eigenvalue weighted by Gasteiger charge is 2.36. The largest absolute Gasteiger partial charge is 0.359 e. The van der Waals surface area contributed by atoms with Crippen LogP contribution in [0.3, 0.4) is 0 Å². The minimum Gasteiger partial charge on any atom is -0.359 e. The van der Waals surface area contributed by atoms with Gasteiger partial charge in [0.05, 0.1) is 18.0 Å². The molecule has 2 aromatic carbocycles. The van der Waals surface area contributed by atoms with E-state index in [9.17, 15) is 18.0 Å². The third-order valence-corrected chi connectivity index (χ3v) is 6.46. The maximum atomic E-state index is 12.8. The fourth-order valence-electron chi connectivity index (χ4n) is 2.80. The van der Waals surface area contributed by atoms with Crippen molar-refractivity contribution in [3.8, 4) is 0 Å². The fourth-order valence-corrected chi connectivity index (χ4v) is 4.44. The van der Waals surface area contributed by atoms with E-state index in [-0.39, 0.29) is 31.1 Å². The number of hydrogen-bond acceptors (Lipinski definition) is 5. The van der Waals surface area contributed by atoms with Crippen LogP contribution in [0, 0.1) is 0 Å². The number of sulfonamides is 1. The molecular weight excluding hydrogens is 418 g/mol. The molecule has 2 amide bonds. The highest BCUT2D eigenvalue weighted by atomic mass is 35.5. The van der Waals surface area contributed by atoms with Gasteiger partial charge in [0.15, 0.2) is 0 Å². The highest BCUT2D eigenvalue weighted by Crippen LogP contribution is 2.23. The van der Waals surface area contributed by atoms with Gasteiger partial charge in [-0.3, -0.25) is 9.59 Å². The Hall–Kier alpha value is -2.46. The summed E-state index contributed by atoms with van der Waals surface area (Å²) in [6.07, 6.45) is -0.901. The van der Waals surface area contributed by atoms with Crippen molar-refractivity contribution in [1.29, 1.82) is 0 Å². The topological polar surface area (TPSA) is 105 Å². The fraction of sp³-hybridized carbons (Fsp3) is 0.263. The van der Waals surface area contributed by atoms with E-state index in [2.05, 4.69) is 10.6 Å². The molecule has 2 aromatic rings. The SMILES string of the molecule is O=C(NCc1ccccc1)C(=O)NC[C@@H]1OCCN1S(=O)(=O)c1ccc(Cl)cc1. The van der Waals surface area contributed by atoms with Crippen molar-refractivity contribution in [2.75, 3.05) is 19.7 Å². The molecule has 1 saturated heterocycles. The number of carbonyl (C=O) groups excluding carboxylic acids is 2. The minimum absolute atomic E-state index is 0.0735. The van der Waals surface area contributed by atoms with Gasteiger partial charge in [-0.1, -0.05) is 41.9 Å². The van der Waals surface area contributed by atoms with Gasteiger partial charge >= 0.3 is 11.8 Å². The Morgan fingerprint density at radius 2 is 1.69 bits per heavy atom. The summed E-state index contributed by atoms with van der Waals surface area (Å²) in [6, 6.07) is 14.9. The molecule has 1 atom stereocenters. The van der Waals surface area contributed by atoms with Crippen LogP contribution in [0.15, 0.2) is 59.5 Å². The summed E-state index contributed by atoms with van der Waals surface area (Å²) in [5.74, 6) is -1.67. The van der Waals surface area contributed by atoms with Crippen LogP contribution in [-0.2, 0) is 30.9 Å². The number of ether oxygens (including phenoxy) is 1. The summed E-state index contributed by atoms with van der Waals surface area (Å²) in [5.41, 5.74) is 0.855. The van der Waals surface area contributed by atoms with Crippen molar-refractivity contribution in [2.45, 2.75) is 17.7 Å². The molecule has 0 aliphatic carbocycles. The summed E-state index contributed by atoms with van der Waals surface area (Å²) >= 11 is 5.81. The lowest BCUT2D eigenvalue weighted by atomic mass is 10.2.